The van der Waals surface area contributed by atoms with E-state index in [1.165, 1.54) is 30.7 Å². The Balaban J connectivity index is 1.71. The summed E-state index contributed by atoms with van der Waals surface area (Å²) < 4.78 is 118. The van der Waals surface area contributed by atoms with Gasteiger partial charge in [-0.25, -0.2) is 8.42 Å². The van der Waals surface area contributed by atoms with Gasteiger partial charge in [0.1, 0.15) is 7.11 Å². The number of fused-ring (bicyclic) bond motifs is 2. The number of piperidine rings is 1. The maximum atomic E-state index is 14.0. The molecule has 1 N–H and O–H groups in total. The largest absolute Gasteiger partial charge is 0.416 e. The van der Waals surface area contributed by atoms with Gasteiger partial charge in [-0.2, -0.15) is 26.3 Å². The number of anilines is 1. The predicted octanol–water partition coefficient (Wildman–Crippen LogP) is 8.68. The third-order valence-electron chi connectivity index (χ3n) is 9.43. The van der Waals surface area contributed by atoms with E-state index in [-0.39, 0.29) is 40.9 Å². The number of methoxy groups -OCH3 is 1. The van der Waals surface area contributed by atoms with E-state index in [0.717, 1.165) is 6.26 Å². The van der Waals surface area contributed by atoms with Crippen molar-refractivity contribution in [2.75, 3.05) is 44.5 Å². The summed E-state index contributed by atoms with van der Waals surface area (Å²) in [6.45, 7) is 0.943. The van der Waals surface area contributed by atoms with Crippen LogP contribution >= 0.6 is 23.2 Å². The summed E-state index contributed by atoms with van der Waals surface area (Å²) >= 11 is 12.6. The lowest BCUT2D eigenvalue weighted by atomic mass is 9.66. The molecule has 272 valence electrons. The van der Waals surface area contributed by atoms with E-state index in [9.17, 15) is 34.8 Å². The zero-order valence-electron chi connectivity index (χ0n) is 27.3. The zero-order valence-corrected chi connectivity index (χ0v) is 29.6. The summed E-state index contributed by atoms with van der Waals surface area (Å²) in [6, 6.07) is 10.2. The molecule has 0 amide bonds. The van der Waals surface area contributed by atoms with Crippen molar-refractivity contribution < 1.29 is 44.3 Å². The molecule has 0 radical (unpaired) electrons. The summed E-state index contributed by atoms with van der Waals surface area (Å²) in [4.78, 5) is 5.13. The molecule has 16 heteroatoms. The number of hydrogen-bond acceptors (Lipinski definition) is 6. The lowest BCUT2D eigenvalue weighted by Gasteiger charge is -2.42. The van der Waals surface area contributed by atoms with E-state index < -0.39 is 50.9 Å². The van der Waals surface area contributed by atoms with E-state index in [4.69, 9.17) is 32.8 Å². The molecule has 50 heavy (non-hydrogen) atoms. The highest BCUT2D eigenvalue weighted by Gasteiger charge is 2.55. The number of hydrogen-bond donors (Lipinski definition) is 1. The van der Waals surface area contributed by atoms with Crippen molar-refractivity contribution in [1.29, 1.82) is 0 Å². The zero-order chi connectivity index (χ0) is 36.6. The van der Waals surface area contributed by atoms with Crippen LogP contribution < -0.4 is 9.62 Å². The smallest absolute Gasteiger partial charge is 0.399 e. The molecule has 2 aliphatic rings. The molecule has 0 aliphatic carbocycles. The molecule has 2 heterocycles. The average Bonchev–Trinajstić information content (AvgIpc) is 3.31. The Morgan fingerprint density at radius 2 is 1.62 bits per heavy atom. The molecule has 0 aromatic heterocycles. The summed E-state index contributed by atoms with van der Waals surface area (Å²) in [5, 5.41) is 8.08. The van der Waals surface area contributed by atoms with Crippen LogP contribution in [0.2, 0.25) is 10.0 Å². The quantitative estimate of drug-likeness (QED) is 0.127. The Labute approximate surface area is 296 Å². The SMILES string of the molecule is COCC(=NOC)C(CCC1N(S(C)(=O)=O)c2cccc(-c3cc(C(F)(F)F)cc(C(F)(F)F)c3)c2C12CCNCC2)c1ccc(Cl)c(Cl)c1. The summed E-state index contributed by atoms with van der Waals surface area (Å²) in [7, 11) is -1.17. The van der Waals surface area contributed by atoms with Gasteiger partial charge in [-0.15, -0.1) is 0 Å². The first-order valence-electron chi connectivity index (χ1n) is 15.6. The van der Waals surface area contributed by atoms with Crippen LogP contribution in [0.25, 0.3) is 11.1 Å². The van der Waals surface area contributed by atoms with Gasteiger partial charge in [0, 0.05) is 18.4 Å². The summed E-state index contributed by atoms with van der Waals surface area (Å²) in [6.07, 6.45) is -7.84. The molecule has 1 fully saturated rings. The minimum Gasteiger partial charge on any atom is -0.399 e. The number of oxime groups is 1. The highest BCUT2D eigenvalue weighted by molar-refractivity contribution is 7.92. The molecule has 2 unspecified atom stereocenters. The second-order valence-electron chi connectivity index (χ2n) is 12.5. The first-order chi connectivity index (χ1) is 23.4. The Morgan fingerprint density at radius 3 is 2.16 bits per heavy atom. The highest BCUT2D eigenvalue weighted by Crippen LogP contribution is 2.56. The molecule has 2 aliphatic heterocycles. The molecule has 3 aromatic rings. The minimum absolute atomic E-state index is 0.0652. The fraction of sp³-hybridized carbons (Fsp3) is 0.441. The number of rotatable bonds is 10. The number of halogens is 8. The normalized spacial score (nSPS) is 18.7. The molecule has 1 saturated heterocycles. The second kappa shape index (κ2) is 14.5. The molecular weight excluding hydrogens is 731 g/mol. The van der Waals surface area contributed by atoms with Crippen LogP contribution in [-0.2, 0) is 37.4 Å². The van der Waals surface area contributed by atoms with E-state index in [1.54, 1.807) is 24.3 Å². The monoisotopic (exact) mass is 765 g/mol. The summed E-state index contributed by atoms with van der Waals surface area (Å²) in [5.41, 5.74) is -2.28. The highest BCUT2D eigenvalue weighted by atomic mass is 35.5. The van der Waals surface area contributed by atoms with Crippen LogP contribution in [0.4, 0.5) is 32.0 Å². The molecule has 0 bridgehead atoms. The maximum Gasteiger partial charge on any atom is 0.416 e. The Hall–Kier alpha value is -3.04. The van der Waals surface area contributed by atoms with Gasteiger partial charge in [0.25, 0.3) is 0 Å². The number of sulfonamides is 1. The standard InChI is InChI=1S/C34H35Cl2F6N3O4S/c1-48-19-28(44-49-2)24(20-7-9-26(35)27(36)17-20)8-10-30-32(11-13-43-14-12-32)31-25(5-4-6-29(31)45(30)50(3,46)47)21-15-22(33(37,38)39)18-23(16-21)34(40,41)42/h4-7,9,15-18,24,30,43H,8,10-14,19H2,1-3H3. The van der Waals surface area contributed by atoms with Gasteiger partial charge in [0.2, 0.25) is 10.0 Å². The van der Waals surface area contributed by atoms with Gasteiger partial charge >= 0.3 is 12.4 Å². The maximum absolute atomic E-state index is 14.0. The molecule has 5 rings (SSSR count). The lowest BCUT2D eigenvalue weighted by Crippen LogP contribution is -2.52. The van der Waals surface area contributed by atoms with Gasteiger partial charge in [-0.3, -0.25) is 4.31 Å². The van der Waals surface area contributed by atoms with E-state index in [0.29, 0.717) is 66.3 Å². The van der Waals surface area contributed by atoms with E-state index in [1.807, 2.05) is 0 Å². The topological polar surface area (TPSA) is 80.2 Å². The van der Waals surface area contributed by atoms with Crippen LogP contribution in [0.1, 0.15) is 53.9 Å². The first-order valence-corrected chi connectivity index (χ1v) is 18.2. The van der Waals surface area contributed by atoms with Crippen molar-refractivity contribution in [2.45, 2.75) is 55.4 Å². The average molecular weight is 767 g/mol. The molecule has 2 atom stereocenters. The minimum atomic E-state index is -5.06. The molecular formula is C34H35Cl2F6N3O4S. The Bertz CT molecular complexity index is 1830. The van der Waals surface area contributed by atoms with Crippen LogP contribution in [0.3, 0.4) is 0 Å². The number of ether oxygens (including phenoxy) is 1. The molecule has 0 saturated carbocycles. The van der Waals surface area contributed by atoms with Crippen molar-refractivity contribution in [2.24, 2.45) is 5.16 Å². The van der Waals surface area contributed by atoms with Crippen LogP contribution in [-0.4, -0.2) is 60.3 Å². The third-order valence-corrected chi connectivity index (χ3v) is 11.3. The third kappa shape index (κ3) is 7.59. The van der Waals surface area contributed by atoms with Crippen molar-refractivity contribution >= 4 is 44.6 Å². The van der Waals surface area contributed by atoms with Crippen LogP contribution in [0, 0.1) is 0 Å². The lowest BCUT2D eigenvalue weighted by molar-refractivity contribution is -0.143. The van der Waals surface area contributed by atoms with Gasteiger partial charge in [0.05, 0.1) is 51.5 Å². The summed E-state index contributed by atoms with van der Waals surface area (Å²) in [5.74, 6) is -0.495. The fourth-order valence-corrected chi connectivity index (χ4v) is 9.04. The Kier molecular flexibility index (Phi) is 11.1. The van der Waals surface area contributed by atoms with Crippen molar-refractivity contribution in [1.82, 2.24) is 5.32 Å². The number of alkyl halides is 6. The van der Waals surface area contributed by atoms with Crippen molar-refractivity contribution in [3.8, 4) is 11.1 Å². The number of nitrogens with zero attached hydrogens (tertiary/aromatic N) is 2. The van der Waals surface area contributed by atoms with Crippen molar-refractivity contribution in [3.63, 3.8) is 0 Å². The van der Waals surface area contributed by atoms with Gasteiger partial charge < -0.3 is 14.9 Å². The van der Waals surface area contributed by atoms with Gasteiger partial charge in [0.15, 0.2) is 0 Å². The molecule has 3 aromatic carbocycles. The fourth-order valence-electron chi connectivity index (χ4n) is 7.45. The van der Waals surface area contributed by atoms with E-state index >= 15 is 0 Å². The molecule has 7 nitrogen and oxygen atoms in total. The van der Waals surface area contributed by atoms with Crippen LogP contribution in [0.5, 0.6) is 0 Å². The van der Waals surface area contributed by atoms with E-state index in [2.05, 4.69) is 10.5 Å². The number of benzene rings is 3. The molecule has 1 spiro atoms. The number of nitrogens with one attached hydrogen (secondary N) is 1. The van der Waals surface area contributed by atoms with Gasteiger partial charge in [-0.1, -0.05) is 46.6 Å². The van der Waals surface area contributed by atoms with Gasteiger partial charge in [-0.05, 0) is 97.4 Å². The predicted molar refractivity (Wildman–Crippen MR) is 182 cm³/mol. The van der Waals surface area contributed by atoms with Crippen molar-refractivity contribution in [3.05, 3.63) is 86.9 Å². The second-order valence-corrected chi connectivity index (χ2v) is 15.2. The van der Waals surface area contributed by atoms with Crippen LogP contribution in [0.15, 0.2) is 59.8 Å². The Morgan fingerprint density at radius 1 is 0.980 bits per heavy atom. The first kappa shape index (κ1) is 38.2.